The van der Waals surface area contributed by atoms with Crippen molar-refractivity contribution in [3.8, 4) is 5.75 Å². The molecular formula is C15H21NO4. The Morgan fingerprint density at radius 2 is 2.05 bits per heavy atom. The van der Waals surface area contributed by atoms with Gasteiger partial charge < -0.3 is 15.2 Å². The second kappa shape index (κ2) is 8.19. The van der Waals surface area contributed by atoms with Crippen LogP contribution < -0.4 is 10.1 Å². The number of carbonyl (C=O) groups is 2. The fraction of sp³-hybridized carbons (Fsp3) is 0.467. The number of aliphatic carboxylic acids is 1. The van der Waals surface area contributed by atoms with Gasteiger partial charge in [0.05, 0.1) is 6.10 Å². The number of ether oxygens (including phenoxy) is 1. The number of amides is 1. The Bertz CT molecular complexity index is 457. The van der Waals surface area contributed by atoms with E-state index >= 15 is 0 Å². The summed E-state index contributed by atoms with van der Waals surface area (Å²) in [4.78, 5) is 22.2. The molecular weight excluding hydrogens is 258 g/mol. The van der Waals surface area contributed by atoms with E-state index in [4.69, 9.17) is 9.84 Å². The maximum absolute atomic E-state index is 11.9. The molecule has 1 aromatic rings. The first-order chi connectivity index (χ1) is 9.49. The molecule has 0 aliphatic carbocycles. The molecule has 5 heteroatoms. The van der Waals surface area contributed by atoms with Crippen LogP contribution in [0.25, 0.3) is 0 Å². The second-order valence-electron chi connectivity index (χ2n) is 4.80. The van der Waals surface area contributed by atoms with Crippen molar-refractivity contribution in [1.29, 1.82) is 0 Å². The van der Waals surface area contributed by atoms with Gasteiger partial charge in [0.2, 0.25) is 0 Å². The number of carboxylic acids is 1. The minimum atomic E-state index is -0.810. The van der Waals surface area contributed by atoms with Crippen LogP contribution in [0.4, 0.5) is 0 Å². The van der Waals surface area contributed by atoms with Crippen molar-refractivity contribution < 1.29 is 19.4 Å². The summed E-state index contributed by atoms with van der Waals surface area (Å²) in [7, 11) is 0. The Kier molecular flexibility index (Phi) is 6.56. The third-order valence-corrected chi connectivity index (χ3v) is 2.57. The van der Waals surface area contributed by atoms with Gasteiger partial charge in [-0.1, -0.05) is 6.07 Å². The van der Waals surface area contributed by atoms with Crippen molar-refractivity contribution in [2.24, 2.45) is 0 Å². The Balaban J connectivity index is 2.41. The molecule has 0 spiro atoms. The number of hydrogen-bond acceptors (Lipinski definition) is 3. The Morgan fingerprint density at radius 3 is 2.70 bits per heavy atom. The van der Waals surface area contributed by atoms with E-state index in [-0.39, 0.29) is 18.4 Å². The van der Waals surface area contributed by atoms with E-state index in [1.807, 2.05) is 19.9 Å². The fourth-order valence-electron chi connectivity index (χ4n) is 1.69. The monoisotopic (exact) mass is 279 g/mol. The number of carboxylic acid groups (broad SMARTS) is 1. The lowest BCUT2D eigenvalue weighted by molar-refractivity contribution is -0.137. The van der Waals surface area contributed by atoms with Gasteiger partial charge in [-0.2, -0.15) is 0 Å². The molecule has 0 unspecified atom stereocenters. The van der Waals surface area contributed by atoms with Gasteiger partial charge in [-0.05, 0) is 44.9 Å². The van der Waals surface area contributed by atoms with Crippen LogP contribution in [0, 0.1) is 0 Å². The number of carbonyl (C=O) groups excluding carboxylic acids is 1. The first-order valence-electron chi connectivity index (χ1n) is 6.75. The fourth-order valence-corrected chi connectivity index (χ4v) is 1.69. The van der Waals surface area contributed by atoms with Gasteiger partial charge in [-0.15, -0.1) is 0 Å². The topological polar surface area (TPSA) is 75.6 Å². The van der Waals surface area contributed by atoms with Crippen molar-refractivity contribution in [3.63, 3.8) is 0 Å². The predicted octanol–water partition coefficient (Wildman–Crippen LogP) is 2.46. The van der Waals surface area contributed by atoms with E-state index < -0.39 is 5.97 Å². The highest BCUT2D eigenvalue weighted by atomic mass is 16.5. The predicted molar refractivity (Wildman–Crippen MR) is 76.0 cm³/mol. The zero-order valence-corrected chi connectivity index (χ0v) is 11.9. The molecule has 0 aromatic heterocycles. The quantitative estimate of drug-likeness (QED) is 0.717. The van der Waals surface area contributed by atoms with Crippen LogP contribution in [-0.2, 0) is 4.79 Å². The van der Waals surface area contributed by atoms with E-state index in [9.17, 15) is 9.59 Å². The lowest BCUT2D eigenvalue weighted by Crippen LogP contribution is -2.24. The molecule has 0 heterocycles. The molecule has 0 aliphatic rings. The normalized spacial score (nSPS) is 10.3. The summed E-state index contributed by atoms with van der Waals surface area (Å²) in [5.74, 6) is -0.317. The second-order valence-corrected chi connectivity index (χ2v) is 4.80. The van der Waals surface area contributed by atoms with Crippen LogP contribution in [0.15, 0.2) is 24.3 Å². The van der Waals surface area contributed by atoms with E-state index in [0.29, 0.717) is 30.7 Å². The molecule has 110 valence electrons. The summed E-state index contributed by atoms with van der Waals surface area (Å²) in [6.45, 7) is 4.33. The first kappa shape index (κ1) is 16.0. The van der Waals surface area contributed by atoms with Gasteiger partial charge in [0.25, 0.3) is 5.91 Å². The van der Waals surface area contributed by atoms with Gasteiger partial charge in [0, 0.05) is 18.5 Å². The molecule has 1 amide bonds. The zero-order chi connectivity index (χ0) is 15.0. The number of benzene rings is 1. The number of nitrogens with one attached hydrogen (secondary N) is 1. The number of unbranched alkanes of at least 4 members (excludes halogenated alkanes) is 1. The number of hydrogen-bond donors (Lipinski definition) is 2. The van der Waals surface area contributed by atoms with Crippen LogP contribution in [0.3, 0.4) is 0 Å². The molecule has 0 bridgehead atoms. The van der Waals surface area contributed by atoms with Crippen LogP contribution >= 0.6 is 0 Å². The minimum absolute atomic E-state index is 0.0596. The Labute approximate surface area is 118 Å². The smallest absolute Gasteiger partial charge is 0.303 e. The molecule has 0 aliphatic heterocycles. The molecule has 0 fully saturated rings. The average molecular weight is 279 g/mol. The molecule has 0 atom stereocenters. The summed E-state index contributed by atoms with van der Waals surface area (Å²) < 4.78 is 5.53. The maximum Gasteiger partial charge on any atom is 0.303 e. The standard InChI is InChI=1S/C15H21NO4/c1-11(2)20-13-7-5-6-12(10-13)15(19)16-9-4-3-8-14(17)18/h5-7,10-11H,3-4,8-9H2,1-2H3,(H,16,19)(H,17,18). The average Bonchev–Trinajstić information content (AvgIpc) is 2.37. The van der Waals surface area contributed by atoms with E-state index in [0.717, 1.165) is 0 Å². The van der Waals surface area contributed by atoms with Crippen molar-refractivity contribution in [1.82, 2.24) is 5.32 Å². The summed E-state index contributed by atoms with van der Waals surface area (Å²) >= 11 is 0. The van der Waals surface area contributed by atoms with Gasteiger partial charge in [-0.3, -0.25) is 9.59 Å². The molecule has 1 rings (SSSR count). The zero-order valence-electron chi connectivity index (χ0n) is 11.9. The highest BCUT2D eigenvalue weighted by Crippen LogP contribution is 2.14. The van der Waals surface area contributed by atoms with Gasteiger partial charge in [0.15, 0.2) is 0 Å². The van der Waals surface area contributed by atoms with Crippen LogP contribution in [0.2, 0.25) is 0 Å². The van der Waals surface area contributed by atoms with Gasteiger partial charge in [0.1, 0.15) is 5.75 Å². The van der Waals surface area contributed by atoms with Crippen LogP contribution in [0.5, 0.6) is 5.75 Å². The third-order valence-electron chi connectivity index (χ3n) is 2.57. The van der Waals surface area contributed by atoms with E-state index in [2.05, 4.69) is 5.32 Å². The molecule has 0 saturated carbocycles. The van der Waals surface area contributed by atoms with Crippen molar-refractivity contribution in [2.75, 3.05) is 6.54 Å². The Hall–Kier alpha value is -2.04. The van der Waals surface area contributed by atoms with Crippen molar-refractivity contribution in [2.45, 2.75) is 39.2 Å². The van der Waals surface area contributed by atoms with Crippen molar-refractivity contribution in [3.05, 3.63) is 29.8 Å². The van der Waals surface area contributed by atoms with Gasteiger partial charge in [-0.25, -0.2) is 0 Å². The highest BCUT2D eigenvalue weighted by molar-refractivity contribution is 5.94. The van der Waals surface area contributed by atoms with E-state index in [1.54, 1.807) is 18.2 Å². The molecule has 0 saturated heterocycles. The molecule has 0 radical (unpaired) electrons. The maximum atomic E-state index is 11.9. The van der Waals surface area contributed by atoms with Crippen molar-refractivity contribution >= 4 is 11.9 Å². The molecule has 2 N–H and O–H groups in total. The summed E-state index contributed by atoms with van der Waals surface area (Å²) in [6.07, 6.45) is 1.41. The SMILES string of the molecule is CC(C)Oc1cccc(C(=O)NCCCCC(=O)O)c1. The molecule has 20 heavy (non-hydrogen) atoms. The number of rotatable bonds is 8. The third kappa shape index (κ3) is 6.22. The summed E-state index contributed by atoms with van der Waals surface area (Å²) in [5.41, 5.74) is 0.543. The van der Waals surface area contributed by atoms with Gasteiger partial charge >= 0.3 is 5.97 Å². The van der Waals surface area contributed by atoms with E-state index in [1.165, 1.54) is 0 Å². The largest absolute Gasteiger partial charge is 0.491 e. The van der Waals surface area contributed by atoms with Crippen LogP contribution in [-0.4, -0.2) is 29.6 Å². The first-order valence-corrected chi connectivity index (χ1v) is 6.75. The Morgan fingerprint density at radius 1 is 1.30 bits per heavy atom. The highest BCUT2D eigenvalue weighted by Gasteiger charge is 2.07. The summed E-state index contributed by atoms with van der Waals surface area (Å²) in [6, 6.07) is 7.01. The minimum Gasteiger partial charge on any atom is -0.491 e. The molecule has 1 aromatic carbocycles. The lowest BCUT2D eigenvalue weighted by atomic mass is 10.2. The van der Waals surface area contributed by atoms with Crippen LogP contribution in [0.1, 0.15) is 43.5 Å². The molecule has 5 nitrogen and oxygen atoms in total. The lowest BCUT2D eigenvalue weighted by Gasteiger charge is -2.11. The summed E-state index contributed by atoms with van der Waals surface area (Å²) in [5, 5.41) is 11.3.